The van der Waals surface area contributed by atoms with Crippen molar-refractivity contribution in [2.45, 2.75) is 9.79 Å². The Morgan fingerprint density at radius 3 is 2.21 bits per heavy atom. The van der Waals surface area contributed by atoms with Gasteiger partial charge in [0.15, 0.2) is 0 Å². The summed E-state index contributed by atoms with van der Waals surface area (Å²) in [5.41, 5.74) is -0.900. The average molecular weight is 401 g/mol. The minimum Gasteiger partial charge on any atom is -0.271 e. The molecule has 0 fully saturated rings. The Kier molecular flexibility index (Phi) is 5.01. The van der Waals surface area contributed by atoms with E-state index in [-0.39, 0.29) is 0 Å². The minimum atomic E-state index is -0.673. The maximum Gasteiger partial charge on any atom is 0.349 e. The summed E-state index contributed by atoms with van der Waals surface area (Å²) in [5.74, 6) is 0. The van der Waals surface area contributed by atoms with Crippen molar-refractivity contribution in [3.8, 4) is 5.69 Å². The molecule has 0 amide bonds. The number of hydrogen-bond donors (Lipinski definition) is 1. The minimum absolute atomic E-state index is 0.353. The van der Waals surface area contributed by atoms with Crippen LogP contribution in [0.1, 0.15) is 0 Å². The van der Waals surface area contributed by atoms with Crippen LogP contribution in [0.15, 0.2) is 62.0 Å². The third-order valence-corrected chi connectivity index (χ3v) is 5.20. The summed E-state index contributed by atoms with van der Waals surface area (Å²) in [6.45, 7) is 0. The molecule has 0 saturated carbocycles. The lowest BCUT2D eigenvalue weighted by Gasteiger charge is -2.10. The fourth-order valence-electron chi connectivity index (χ4n) is 1.92. The van der Waals surface area contributed by atoms with Gasteiger partial charge in [0.2, 0.25) is 0 Å². The second-order valence-corrected chi connectivity index (χ2v) is 6.98. The second kappa shape index (κ2) is 7.03. The Labute approximate surface area is 155 Å². The highest BCUT2D eigenvalue weighted by atomic mass is 35.5. The summed E-state index contributed by atoms with van der Waals surface area (Å²) < 4.78 is 1.01. The topological polar surface area (TPSA) is 67.8 Å². The molecule has 1 heterocycles. The number of hydrogen-bond acceptors (Lipinski definition) is 4. The van der Waals surface area contributed by atoms with E-state index in [2.05, 4.69) is 10.1 Å². The molecule has 0 unspecified atom stereocenters. The second-order valence-electron chi connectivity index (χ2n) is 4.65. The van der Waals surface area contributed by atoms with E-state index in [1.807, 2.05) is 12.1 Å². The van der Waals surface area contributed by atoms with Gasteiger partial charge >= 0.3 is 5.69 Å². The number of nitrogens with one attached hydrogen (secondary N) is 1. The van der Waals surface area contributed by atoms with Crippen molar-refractivity contribution in [2.75, 3.05) is 0 Å². The van der Waals surface area contributed by atoms with E-state index in [0.29, 0.717) is 25.7 Å². The number of halogens is 3. The lowest BCUT2D eigenvalue weighted by molar-refractivity contribution is 0.749. The summed E-state index contributed by atoms with van der Waals surface area (Å²) in [4.78, 5) is 26.6. The molecule has 3 rings (SSSR count). The van der Waals surface area contributed by atoms with Crippen LogP contribution in [0.3, 0.4) is 0 Å². The highest BCUT2D eigenvalue weighted by Gasteiger charge is 2.12. The molecular weight excluding hydrogens is 393 g/mol. The molecular formula is C15H8Cl3N3O2S. The molecule has 122 valence electrons. The number of rotatable bonds is 3. The van der Waals surface area contributed by atoms with Gasteiger partial charge in [0, 0.05) is 14.8 Å². The molecule has 0 aliphatic heterocycles. The summed E-state index contributed by atoms with van der Waals surface area (Å²) >= 11 is 19.8. The molecule has 24 heavy (non-hydrogen) atoms. The van der Waals surface area contributed by atoms with Crippen LogP contribution in [-0.2, 0) is 0 Å². The predicted octanol–water partition coefficient (Wildman–Crippen LogP) is 4.03. The van der Waals surface area contributed by atoms with Crippen LogP contribution >= 0.6 is 46.6 Å². The molecule has 0 spiro atoms. The van der Waals surface area contributed by atoms with Crippen molar-refractivity contribution in [1.29, 1.82) is 0 Å². The summed E-state index contributed by atoms with van der Waals surface area (Å²) in [6, 6.07) is 10.3. The van der Waals surface area contributed by atoms with Gasteiger partial charge in [0.05, 0.1) is 15.7 Å². The van der Waals surface area contributed by atoms with Crippen molar-refractivity contribution in [1.82, 2.24) is 14.8 Å². The highest BCUT2D eigenvalue weighted by molar-refractivity contribution is 7.99. The molecule has 0 bridgehead atoms. The molecule has 0 saturated heterocycles. The zero-order valence-electron chi connectivity index (χ0n) is 11.8. The Hall–Kier alpha value is -1.73. The van der Waals surface area contributed by atoms with E-state index in [1.165, 1.54) is 11.8 Å². The van der Waals surface area contributed by atoms with E-state index in [1.54, 1.807) is 24.3 Å². The van der Waals surface area contributed by atoms with E-state index in [0.717, 1.165) is 15.8 Å². The monoisotopic (exact) mass is 399 g/mol. The normalized spacial score (nSPS) is 10.8. The Morgan fingerprint density at radius 1 is 1.00 bits per heavy atom. The zero-order chi connectivity index (χ0) is 17.3. The van der Waals surface area contributed by atoms with Crippen LogP contribution in [0.5, 0.6) is 0 Å². The summed E-state index contributed by atoms with van der Waals surface area (Å²) in [5, 5.41) is 5.13. The molecule has 5 nitrogen and oxygen atoms in total. The van der Waals surface area contributed by atoms with Gasteiger partial charge in [-0.05, 0) is 36.4 Å². The number of benzene rings is 2. The fraction of sp³-hybridized carbons (Fsp3) is 0. The van der Waals surface area contributed by atoms with Crippen LogP contribution in [0, 0.1) is 0 Å². The van der Waals surface area contributed by atoms with Crippen LogP contribution in [0.4, 0.5) is 0 Å². The summed E-state index contributed by atoms with van der Waals surface area (Å²) in [6.07, 6.45) is 1.000. The lowest BCUT2D eigenvalue weighted by Crippen LogP contribution is -2.30. The SMILES string of the molecule is O=c1cnn(-c2cc(Cl)c(Sc3ccc(Cl)cc3)c(Cl)c2)c(=O)[nH]1. The van der Waals surface area contributed by atoms with Gasteiger partial charge in [-0.2, -0.15) is 9.78 Å². The third-order valence-electron chi connectivity index (χ3n) is 2.97. The van der Waals surface area contributed by atoms with Crippen LogP contribution in [0.25, 0.3) is 5.69 Å². The fourth-order valence-corrected chi connectivity index (χ4v) is 3.58. The highest BCUT2D eigenvalue weighted by Crippen LogP contribution is 2.40. The first-order valence-corrected chi connectivity index (χ1v) is 8.50. The number of H-pyrrole nitrogens is 1. The van der Waals surface area contributed by atoms with Gasteiger partial charge in [0.1, 0.15) is 6.20 Å². The zero-order valence-corrected chi connectivity index (χ0v) is 14.9. The van der Waals surface area contributed by atoms with Gasteiger partial charge in [-0.15, -0.1) is 0 Å². The van der Waals surface area contributed by atoms with Gasteiger partial charge < -0.3 is 0 Å². The molecule has 1 aromatic heterocycles. The first-order chi connectivity index (χ1) is 11.4. The number of aromatic nitrogens is 3. The van der Waals surface area contributed by atoms with E-state index in [4.69, 9.17) is 34.8 Å². The van der Waals surface area contributed by atoms with Crippen LogP contribution in [-0.4, -0.2) is 14.8 Å². The van der Waals surface area contributed by atoms with Gasteiger partial charge in [-0.3, -0.25) is 9.78 Å². The predicted molar refractivity (Wildman–Crippen MR) is 96.0 cm³/mol. The Bertz CT molecular complexity index is 992. The number of nitrogens with zero attached hydrogens (tertiary/aromatic N) is 2. The molecule has 1 N–H and O–H groups in total. The van der Waals surface area contributed by atoms with Crippen molar-refractivity contribution in [2.24, 2.45) is 0 Å². The van der Waals surface area contributed by atoms with Gasteiger partial charge in [-0.25, -0.2) is 4.79 Å². The smallest absolute Gasteiger partial charge is 0.271 e. The maximum absolute atomic E-state index is 11.8. The largest absolute Gasteiger partial charge is 0.349 e. The molecule has 9 heteroatoms. The quantitative estimate of drug-likeness (QED) is 0.720. The van der Waals surface area contributed by atoms with Crippen LogP contribution in [0.2, 0.25) is 15.1 Å². The first kappa shape index (κ1) is 17.1. The molecule has 2 aromatic carbocycles. The lowest BCUT2D eigenvalue weighted by atomic mass is 10.3. The maximum atomic E-state index is 11.8. The first-order valence-electron chi connectivity index (χ1n) is 6.55. The van der Waals surface area contributed by atoms with E-state index in [9.17, 15) is 9.59 Å². The molecule has 0 aliphatic carbocycles. The van der Waals surface area contributed by atoms with Crippen molar-refractivity contribution in [3.05, 3.63) is 78.5 Å². The molecule has 3 aromatic rings. The van der Waals surface area contributed by atoms with Crippen molar-refractivity contribution < 1.29 is 0 Å². The molecule has 0 atom stereocenters. The number of aromatic amines is 1. The van der Waals surface area contributed by atoms with Crippen molar-refractivity contribution >= 4 is 46.6 Å². The average Bonchev–Trinajstić information content (AvgIpc) is 2.52. The van der Waals surface area contributed by atoms with Crippen LogP contribution < -0.4 is 11.2 Å². The van der Waals surface area contributed by atoms with Crippen molar-refractivity contribution in [3.63, 3.8) is 0 Å². The van der Waals surface area contributed by atoms with E-state index < -0.39 is 11.2 Å². The van der Waals surface area contributed by atoms with Gasteiger partial charge in [0.25, 0.3) is 5.56 Å². The van der Waals surface area contributed by atoms with E-state index >= 15 is 0 Å². The summed E-state index contributed by atoms with van der Waals surface area (Å²) in [7, 11) is 0. The Morgan fingerprint density at radius 2 is 1.62 bits per heavy atom. The van der Waals surface area contributed by atoms with Gasteiger partial charge in [-0.1, -0.05) is 46.6 Å². The Balaban J connectivity index is 2.01. The standard InChI is InChI=1S/C15H8Cl3N3O2S/c16-8-1-3-10(4-2-8)24-14-11(17)5-9(6-12(14)18)21-15(23)20-13(22)7-19-21/h1-7H,(H,20,22,23). The third kappa shape index (κ3) is 3.67. The molecule has 0 radical (unpaired) electrons. The molecule has 0 aliphatic rings.